The Hall–Kier alpha value is -3.38. The van der Waals surface area contributed by atoms with Gasteiger partial charge in [-0.05, 0) is 35.2 Å². The molecule has 0 saturated heterocycles. The molecule has 1 aliphatic carbocycles. The summed E-state index contributed by atoms with van der Waals surface area (Å²) in [7, 11) is 0. The first-order valence-corrected chi connectivity index (χ1v) is 10.2. The van der Waals surface area contributed by atoms with Crippen molar-refractivity contribution in [2.75, 3.05) is 0 Å². The second kappa shape index (κ2) is 6.06. The Morgan fingerprint density at radius 1 is 0.966 bits per heavy atom. The molecule has 0 radical (unpaired) electrons. The van der Waals surface area contributed by atoms with Crippen LogP contribution in [0.15, 0.2) is 112 Å². The first-order valence-electron chi connectivity index (χ1n) is 9.43. The molecule has 0 spiro atoms. The zero-order valence-electron chi connectivity index (χ0n) is 15.5. The van der Waals surface area contributed by atoms with Gasteiger partial charge in [-0.3, -0.25) is 4.99 Å². The van der Waals surface area contributed by atoms with Crippen LogP contribution in [-0.4, -0.2) is 16.6 Å². The van der Waals surface area contributed by atoms with E-state index in [0.29, 0.717) is 0 Å². The Bertz CT molecular complexity index is 1320. The molecular formula is C24H17N4S+. The molecule has 4 nitrogen and oxygen atoms in total. The fourth-order valence-corrected chi connectivity index (χ4v) is 4.92. The van der Waals surface area contributed by atoms with Crippen molar-refractivity contribution < 1.29 is 4.59 Å². The number of quaternary nitrogens is 1. The van der Waals surface area contributed by atoms with Crippen LogP contribution in [0.3, 0.4) is 0 Å². The molecule has 0 bridgehead atoms. The Morgan fingerprint density at radius 3 is 2.52 bits per heavy atom. The fourth-order valence-electron chi connectivity index (χ4n) is 3.85. The van der Waals surface area contributed by atoms with Gasteiger partial charge in [0.1, 0.15) is 11.9 Å². The summed E-state index contributed by atoms with van der Waals surface area (Å²) >= 11 is 1.81. The number of hydrogen-bond acceptors (Lipinski definition) is 4. The molecule has 6 rings (SSSR count). The zero-order chi connectivity index (χ0) is 19.4. The summed E-state index contributed by atoms with van der Waals surface area (Å²) in [6, 6.07) is 19.2. The summed E-state index contributed by atoms with van der Waals surface area (Å²) in [5.41, 5.74) is 5.09. The van der Waals surface area contributed by atoms with Crippen LogP contribution in [0.4, 0.5) is 0 Å². The van der Waals surface area contributed by atoms with Crippen molar-refractivity contribution in [2.24, 2.45) is 15.8 Å². The van der Waals surface area contributed by atoms with Crippen molar-refractivity contribution in [1.29, 1.82) is 0 Å². The first-order chi connectivity index (χ1) is 14.2. The van der Waals surface area contributed by atoms with Crippen molar-refractivity contribution in [3.05, 3.63) is 108 Å². The van der Waals surface area contributed by atoms with Crippen LogP contribution >= 0.6 is 11.3 Å². The predicted molar refractivity (Wildman–Crippen MR) is 120 cm³/mol. The number of benzene rings is 2. The van der Waals surface area contributed by atoms with Gasteiger partial charge in [0, 0.05) is 15.2 Å². The standard InChI is InChI=1S/C24H17N4S/c25-28-13-12-26-15-20(28)23(17-5-3-6-17)27-24(28)18-10-8-16(9-11-18)22-14-19-4-1-2-7-21(19)29-22/h1-15H,25H2/q+1. The first kappa shape index (κ1) is 16.6. The minimum Gasteiger partial charge on any atom is -0.253 e. The average Bonchev–Trinajstić information content (AvgIpc) is 3.26. The van der Waals surface area contributed by atoms with E-state index in [9.17, 15) is 0 Å². The van der Waals surface area contributed by atoms with Gasteiger partial charge in [0.25, 0.3) is 5.84 Å². The van der Waals surface area contributed by atoms with Crippen molar-refractivity contribution in [3.8, 4) is 10.4 Å². The molecule has 5 heteroatoms. The van der Waals surface area contributed by atoms with Gasteiger partial charge in [-0.15, -0.1) is 15.9 Å². The summed E-state index contributed by atoms with van der Waals surface area (Å²) < 4.78 is 1.35. The molecule has 2 aliphatic heterocycles. The van der Waals surface area contributed by atoms with E-state index in [2.05, 4.69) is 71.7 Å². The van der Waals surface area contributed by atoms with Gasteiger partial charge in [0.15, 0.2) is 0 Å². The van der Waals surface area contributed by atoms with Gasteiger partial charge in [-0.25, -0.2) is 0 Å². The number of thiophene rings is 1. The fraction of sp³-hybridized carbons (Fsp3) is 0. The van der Waals surface area contributed by atoms with Crippen LogP contribution in [0, 0.1) is 0 Å². The lowest BCUT2D eigenvalue weighted by molar-refractivity contribution is -0.750. The van der Waals surface area contributed by atoms with E-state index in [1.165, 1.54) is 20.5 Å². The summed E-state index contributed by atoms with van der Waals surface area (Å²) in [5, 5.41) is 1.28. The Kier molecular flexibility index (Phi) is 3.46. The van der Waals surface area contributed by atoms with E-state index < -0.39 is 0 Å². The van der Waals surface area contributed by atoms with Gasteiger partial charge in [-0.1, -0.05) is 48.6 Å². The van der Waals surface area contributed by atoms with Gasteiger partial charge >= 0.3 is 0 Å². The molecule has 3 aliphatic rings. The number of allylic oxidation sites excluding steroid dienone is 4. The minimum atomic E-state index is 0.0479. The number of amidine groups is 1. The molecule has 0 amide bonds. The molecule has 3 aromatic rings. The Morgan fingerprint density at radius 2 is 1.76 bits per heavy atom. The molecule has 29 heavy (non-hydrogen) atoms. The maximum atomic E-state index is 6.77. The second-order valence-electron chi connectivity index (χ2n) is 7.23. The Balaban J connectivity index is 1.40. The molecular weight excluding hydrogens is 376 g/mol. The zero-order valence-corrected chi connectivity index (χ0v) is 16.3. The van der Waals surface area contributed by atoms with Crippen molar-refractivity contribution in [3.63, 3.8) is 0 Å². The largest absolute Gasteiger partial charge is 0.265 e. The number of aliphatic imine (C=N–C) groups is 2. The van der Waals surface area contributed by atoms with Crippen LogP contribution in [-0.2, 0) is 0 Å². The van der Waals surface area contributed by atoms with Gasteiger partial charge in [0.05, 0.1) is 18.0 Å². The maximum Gasteiger partial charge on any atom is 0.265 e. The van der Waals surface area contributed by atoms with E-state index in [1.54, 1.807) is 6.20 Å². The van der Waals surface area contributed by atoms with Crippen molar-refractivity contribution in [1.82, 2.24) is 0 Å². The van der Waals surface area contributed by atoms with E-state index in [-0.39, 0.29) is 4.59 Å². The summed E-state index contributed by atoms with van der Waals surface area (Å²) in [4.78, 5) is 10.5. The predicted octanol–water partition coefficient (Wildman–Crippen LogP) is 5.28. The highest BCUT2D eigenvalue weighted by atomic mass is 32.1. The molecule has 1 atom stereocenters. The van der Waals surface area contributed by atoms with E-state index >= 15 is 0 Å². The number of rotatable bonds is 3. The van der Waals surface area contributed by atoms with Crippen molar-refractivity contribution in [2.45, 2.75) is 0 Å². The number of fused-ring (bicyclic) bond motifs is 2. The lowest BCUT2D eigenvalue weighted by Gasteiger charge is -2.26. The summed E-state index contributed by atoms with van der Waals surface area (Å²) in [6.45, 7) is 0. The quantitative estimate of drug-likeness (QED) is 0.477. The average molecular weight is 393 g/mol. The molecule has 0 saturated carbocycles. The second-order valence-corrected chi connectivity index (χ2v) is 8.31. The van der Waals surface area contributed by atoms with Crippen LogP contribution in [0.25, 0.3) is 20.5 Å². The minimum absolute atomic E-state index is 0.0479. The van der Waals surface area contributed by atoms with Crippen LogP contribution in [0.1, 0.15) is 5.56 Å². The highest BCUT2D eigenvalue weighted by molar-refractivity contribution is 7.22. The lowest BCUT2D eigenvalue weighted by Crippen LogP contribution is -2.53. The molecule has 2 N–H and O–H groups in total. The highest BCUT2D eigenvalue weighted by Gasteiger charge is 2.44. The lowest BCUT2D eigenvalue weighted by atomic mass is 10.0. The highest BCUT2D eigenvalue weighted by Crippen LogP contribution is 2.37. The summed E-state index contributed by atoms with van der Waals surface area (Å²) in [6.07, 6.45) is 11.5. The summed E-state index contributed by atoms with van der Waals surface area (Å²) in [5.74, 6) is 7.58. The Labute approximate surface area is 172 Å². The molecule has 1 unspecified atom stereocenters. The van der Waals surface area contributed by atoms with E-state index in [0.717, 1.165) is 28.4 Å². The molecule has 138 valence electrons. The third kappa shape index (κ3) is 2.46. The normalized spacial score (nSPS) is 22.0. The van der Waals surface area contributed by atoms with Gasteiger partial charge in [-0.2, -0.15) is 10.8 Å². The van der Waals surface area contributed by atoms with Gasteiger partial charge in [0.2, 0.25) is 5.70 Å². The van der Waals surface area contributed by atoms with Crippen molar-refractivity contribution >= 4 is 33.5 Å². The molecule has 2 aromatic carbocycles. The van der Waals surface area contributed by atoms with E-state index in [4.69, 9.17) is 10.8 Å². The SMILES string of the molecule is N[N+]12C=CN=CC1=C(C1=CC=C1)N=C2c1ccc(-c2cc3ccccc3s2)cc1. The van der Waals surface area contributed by atoms with Crippen LogP contribution < -0.4 is 5.84 Å². The van der Waals surface area contributed by atoms with E-state index in [1.807, 2.05) is 29.8 Å². The van der Waals surface area contributed by atoms with Gasteiger partial charge < -0.3 is 0 Å². The smallest absolute Gasteiger partial charge is 0.253 e. The van der Waals surface area contributed by atoms with Crippen LogP contribution in [0.2, 0.25) is 0 Å². The number of hydrogen-bond donors (Lipinski definition) is 1. The molecule has 1 aromatic heterocycles. The topological polar surface area (TPSA) is 50.7 Å². The molecule has 0 fully saturated rings. The number of nitrogens with zero attached hydrogens (tertiary/aromatic N) is 3. The third-order valence-electron chi connectivity index (χ3n) is 5.47. The molecule has 3 heterocycles. The van der Waals surface area contributed by atoms with Crippen LogP contribution in [0.5, 0.6) is 0 Å². The maximum absolute atomic E-state index is 6.77. The number of nitrogens with two attached hydrogens (primary N) is 1. The monoisotopic (exact) mass is 393 g/mol. The third-order valence-corrected chi connectivity index (χ3v) is 6.64.